The number of hydrogen-bond acceptors (Lipinski definition) is 4. The second-order valence-corrected chi connectivity index (χ2v) is 7.78. The van der Waals surface area contributed by atoms with Crippen molar-refractivity contribution in [3.63, 3.8) is 0 Å². The summed E-state index contributed by atoms with van der Waals surface area (Å²) in [6.45, 7) is 0.576. The van der Waals surface area contributed by atoms with Crippen LogP contribution >= 0.6 is 0 Å². The Kier molecular flexibility index (Phi) is 6.69. The van der Waals surface area contributed by atoms with E-state index in [9.17, 15) is 14.4 Å². The monoisotopic (exact) mass is 444 g/mol. The normalized spacial score (nSPS) is 11.9. The highest BCUT2D eigenvalue weighted by Crippen LogP contribution is 2.44. The van der Waals surface area contributed by atoms with Crippen molar-refractivity contribution >= 4 is 18.0 Å². The highest BCUT2D eigenvalue weighted by atomic mass is 16.5. The van der Waals surface area contributed by atoms with Gasteiger partial charge in [0.25, 0.3) is 5.91 Å². The Hall–Kier alpha value is -4.13. The number of fused-ring (bicyclic) bond motifs is 3. The van der Waals surface area contributed by atoms with Crippen LogP contribution in [0.5, 0.6) is 0 Å². The molecule has 0 atom stereocenters. The van der Waals surface area contributed by atoms with Crippen molar-refractivity contribution in [2.75, 3.05) is 13.2 Å². The molecular formula is C26H24N2O5. The van der Waals surface area contributed by atoms with Crippen LogP contribution < -0.4 is 10.6 Å². The van der Waals surface area contributed by atoms with Gasteiger partial charge >= 0.3 is 12.1 Å². The van der Waals surface area contributed by atoms with Crippen molar-refractivity contribution in [3.8, 4) is 11.1 Å². The van der Waals surface area contributed by atoms with Gasteiger partial charge in [-0.15, -0.1) is 0 Å². The molecule has 3 aromatic rings. The zero-order valence-electron chi connectivity index (χ0n) is 17.9. The molecule has 0 unspecified atom stereocenters. The van der Waals surface area contributed by atoms with E-state index in [0.717, 1.165) is 16.7 Å². The first kappa shape index (κ1) is 22.1. The minimum atomic E-state index is -0.968. The van der Waals surface area contributed by atoms with E-state index in [0.29, 0.717) is 5.56 Å². The molecule has 4 rings (SSSR count). The molecule has 0 heterocycles. The van der Waals surface area contributed by atoms with Crippen molar-refractivity contribution in [1.82, 2.24) is 10.6 Å². The van der Waals surface area contributed by atoms with Crippen LogP contribution in [0.4, 0.5) is 4.79 Å². The topological polar surface area (TPSA) is 105 Å². The highest BCUT2D eigenvalue weighted by molar-refractivity contribution is 5.94. The smallest absolute Gasteiger partial charge is 0.407 e. The van der Waals surface area contributed by atoms with Gasteiger partial charge in [-0.25, -0.2) is 4.79 Å². The first-order valence-corrected chi connectivity index (χ1v) is 10.7. The van der Waals surface area contributed by atoms with E-state index in [1.54, 1.807) is 24.3 Å². The molecule has 0 bridgehead atoms. The van der Waals surface area contributed by atoms with E-state index in [1.165, 1.54) is 11.1 Å². The fourth-order valence-corrected chi connectivity index (χ4v) is 3.98. The molecule has 7 nitrogen and oxygen atoms in total. The van der Waals surface area contributed by atoms with Crippen LogP contribution in [0.15, 0.2) is 72.8 Å². The number of carbonyl (C=O) groups excluding carboxylic acids is 2. The number of amides is 2. The van der Waals surface area contributed by atoms with Crippen LogP contribution in [-0.4, -0.2) is 36.2 Å². The second kappa shape index (κ2) is 9.99. The van der Waals surface area contributed by atoms with Crippen molar-refractivity contribution in [1.29, 1.82) is 0 Å². The molecule has 3 N–H and O–H groups in total. The van der Waals surface area contributed by atoms with Crippen molar-refractivity contribution in [3.05, 3.63) is 95.1 Å². The molecule has 3 aromatic carbocycles. The number of alkyl carbamates (subject to hydrolysis) is 1. The number of carboxylic acids is 1. The highest BCUT2D eigenvalue weighted by Gasteiger charge is 2.28. The van der Waals surface area contributed by atoms with Crippen LogP contribution in [0.2, 0.25) is 0 Å². The number of hydrogen-bond donors (Lipinski definition) is 3. The third-order valence-electron chi connectivity index (χ3n) is 5.62. The quantitative estimate of drug-likeness (QED) is 0.488. The summed E-state index contributed by atoms with van der Waals surface area (Å²) in [6.07, 6.45) is -0.638. The minimum Gasteiger partial charge on any atom is -0.481 e. The zero-order chi connectivity index (χ0) is 23.2. The van der Waals surface area contributed by atoms with E-state index in [4.69, 9.17) is 9.84 Å². The van der Waals surface area contributed by atoms with Crippen molar-refractivity contribution < 1.29 is 24.2 Å². The number of rotatable bonds is 8. The molecule has 33 heavy (non-hydrogen) atoms. The lowest BCUT2D eigenvalue weighted by molar-refractivity contribution is -0.136. The van der Waals surface area contributed by atoms with Crippen LogP contribution in [0.25, 0.3) is 11.1 Å². The Morgan fingerprint density at radius 2 is 1.42 bits per heavy atom. The van der Waals surface area contributed by atoms with Crippen LogP contribution in [0, 0.1) is 0 Å². The van der Waals surface area contributed by atoms with Gasteiger partial charge in [0.05, 0.1) is 6.42 Å². The molecule has 0 saturated heterocycles. The molecule has 7 heteroatoms. The van der Waals surface area contributed by atoms with Gasteiger partial charge in [0.1, 0.15) is 6.61 Å². The van der Waals surface area contributed by atoms with Gasteiger partial charge in [-0.3, -0.25) is 9.59 Å². The first-order valence-electron chi connectivity index (χ1n) is 10.7. The summed E-state index contributed by atoms with van der Waals surface area (Å²) >= 11 is 0. The maximum absolute atomic E-state index is 12.3. The van der Waals surface area contributed by atoms with Crippen LogP contribution in [-0.2, 0) is 16.1 Å². The average molecular weight is 444 g/mol. The van der Waals surface area contributed by atoms with Gasteiger partial charge in [0.15, 0.2) is 0 Å². The summed E-state index contributed by atoms with van der Waals surface area (Å²) in [6, 6.07) is 23.0. The maximum atomic E-state index is 12.3. The van der Waals surface area contributed by atoms with Gasteiger partial charge in [-0.1, -0.05) is 60.7 Å². The van der Waals surface area contributed by atoms with E-state index in [1.807, 2.05) is 24.3 Å². The maximum Gasteiger partial charge on any atom is 0.407 e. The van der Waals surface area contributed by atoms with Gasteiger partial charge in [0.2, 0.25) is 0 Å². The number of carboxylic acid groups (broad SMARTS) is 1. The molecule has 0 saturated carbocycles. The number of ether oxygens (including phenoxy) is 1. The van der Waals surface area contributed by atoms with Crippen molar-refractivity contribution in [2.24, 2.45) is 0 Å². The number of benzene rings is 3. The molecule has 0 aliphatic heterocycles. The fourth-order valence-electron chi connectivity index (χ4n) is 3.98. The van der Waals surface area contributed by atoms with Gasteiger partial charge in [0, 0.05) is 24.6 Å². The molecule has 168 valence electrons. The third-order valence-corrected chi connectivity index (χ3v) is 5.62. The van der Waals surface area contributed by atoms with E-state index in [2.05, 4.69) is 34.9 Å². The molecule has 0 spiro atoms. The van der Waals surface area contributed by atoms with Crippen LogP contribution in [0.1, 0.15) is 39.4 Å². The zero-order valence-corrected chi connectivity index (χ0v) is 17.9. The van der Waals surface area contributed by atoms with E-state index < -0.39 is 12.1 Å². The summed E-state index contributed by atoms with van der Waals surface area (Å²) in [5, 5.41) is 13.9. The number of aliphatic carboxylic acids is 1. The first-order chi connectivity index (χ1) is 16.0. The lowest BCUT2D eigenvalue weighted by Crippen LogP contribution is -2.26. The number of carbonyl (C=O) groups is 3. The molecule has 2 amide bonds. The predicted molar refractivity (Wildman–Crippen MR) is 123 cm³/mol. The lowest BCUT2D eigenvalue weighted by Gasteiger charge is -2.14. The SMILES string of the molecule is O=C(O)CCNC(=O)c1ccc(CNC(=O)OCC2c3ccccc3-c3ccccc32)cc1. The number of nitrogens with one attached hydrogen (secondary N) is 2. The third kappa shape index (κ3) is 5.20. The predicted octanol–water partition coefficient (Wildman–Crippen LogP) is 3.93. The Labute approximate surface area is 191 Å². The molecule has 1 aliphatic rings. The molecule has 0 aromatic heterocycles. The molecular weight excluding hydrogens is 420 g/mol. The Morgan fingerprint density at radius 1 is 0.818 bits per heavy atom. The van der Waals surface area contributed by atoms with Gasteiger partial charge in [-0.2, -0.15) is 0 Å². The molecule has 0 fully saturated rings. The van der Waals surface area contributed by atoms with Crippen molar-refractivity contribution in [2.45, 2.75) is 18.9 Å². The second-order valence-electron chi connectivity index (χ2n) is 7.78. The summed E-state index contributed by atoms with van der Waals surface area (Å²) in [4.78, 5) is 34.8. The largest absolute Gasteiger partial charge is 0.481 e. The minimum absolute atomic E-state index is 0.00192. The van der Waals surface area contributed by atoms with Crippen LogP contribution in [0.3, 0.4) is 0 Å². The van der Waals surface area contributed by atoms with E-state index in [-0.39, 0.29) is 37.9 Å². The molecule has 1 aliphatic carbocycles. The summed E-state index contributed by atoms with van der Waals surface area (Å²) in [7, 11) is 0. The summed E-state index contributed by atoms with van der Waals surface area (Å²) in [5.74, 6) is -1.31. The summed E-state index contributed by atoms with van der Waals surface area (Å²) in [5.41, 5.74) is 5.90. The standard InChI is InChI=1S/C26H24N2O5/c29-24(30)13-14-27-25(31)18-11-9-17(10-12-18)15-28-26(32)33-16-23-21-7-3-1-5-19(21)20-6-2-4-8-22(20)23/h1-12,23H,13-16H2,(H,27,31)(H,28,32)(H,29,30). The van der Waals surface area contributed by atoms with Gasteiger partial charge < -0.3 is 20.5 Å². The average Bonchev–Trinajstić information content (AvgIpc) is 3.15. The Bertz CT molecular complexity index is 1130. The van der Waals surface area contributed by atoms with E-state index >= 15 is 0 Å². The lowest BCUT2D eigenvalue weighted by atomic mass is 9.98. The fraction of sp³-hybridized carbons (Fsp3) is 0.192. The van der Waals surface area contributed by atoms with Gasteiger partial charge in [-0.05, 0) is 39.9 Å². The summed E-state index contributed by atoms with van der Waals surface area (Å²) < 4.78 is 5.52. The molecule has 0 radical (unpaired) electrons. The Balaban J connectivity index is 1.28. The Morgan fingerprint density at radius 3 is 2.03 bits per heavy atom.